The second-order valence-electron chi connectivity index (χ2n) is 14.2. The van der Waals surface area contributed by atoms with E-state index in [2.05, 4.69) is 40.7 Å². The van der Waals surface area contributed by atoms with E-state index in [1.807, 2.05) is 0 Å². The normalized spacial score (nSPS) is 53.1. The van der Waals surface area contributed by atoms with E-state index in [9.17, 15) is 20.1 Å². The van der Waals surface area contributed by atoms with Crippen LogP contribution < -0.4 is 0 Å². The maximum atomic E-state index is 12.7. The minimum absolute atomic E-state index is 0.0460. The fourth-order valence-electron chi connectivity index (χ4n) is 10.3. The third-order valence-corrected chi connectivity index (χ3v) is 12.5. The lowest BCUT2D eigenvalue weighted by molar-refractivity contribution is -0.189. The lowest BCUT2D eigenvalue weighted by Gasteiger charge is -2.68. The van der Waals surface area contributed by atoms with E-state index >= 15 is 0 Å². The summed E-state index contributed by atoms with van der Waals surface area (Å²) >= 11 is 0. The molecule has 5 aliphatic carbocycles. The number of fused-ring (bicyclic) bond motifs is 7. The number of hydrogen-bond donors (Lipinski definition) is 3. The highest BCUT2D eigenvalue weighted by Crippen LogP contribution is 2.72. The van der Waals surface area contributed by atoms with Gasteiger partial charge in [0.25, 0.3) is 0 Å². The van der Waals surface area contributed by atoms with Gasteiger partial charge in [-0.2, -0.15) is 0 Å². The molecule has 0 aromatic heterocycles. The molecule has 4 heteroatoms. The largest absolute Gasteiger partial charge is 0.481 e. The Morgan fingerprint density at radius 1 is 0.909 bits per heavy atom. The lowest BCUT2D eigenvalue weighted by atomic mass is 9.37. The van der Waals surface area contributed by atoms with E-state index in [0.29, 0.717) is 24.2 Å². The van der Waals surface area contributed by atoms with E-state index in [0.717, 1.165) is 44.9 Å². The monoisotopic (exact) mass is 458 g/mol. The molecule has 0 aromatic carbocycles. The molecule has 5 rings (SSSR count). The summed E-state index contributed by atoms with van der Waals surface area (Å²) < 4.78 is 0. The van der Waals surface area contributed by atoms with Crippen molar-refractivity contribution in [2.45, 2.75) is 105 Å². The summed E-state index contributed by atoms with van der Waals surface area (Å²) in [6, 6.07) is 0. The highest BCUT2D eigenvalue weighted by molar-refractivity contribution is 5.76. The van der Waals surface area contributed by atoms with Crippen LogP contribution in [0.3, 0.4) is 0 Å². The van der Waals surface area contributed by atoms with Gasteiger partial charge < -0.3 is 15.3 Å². The van der Waals surface area contributed by atoms with Crippen LogP contribution in [0.5, 0.6) is 0 Å². The van der Waals surface area contributed by atoms with E-state index in [1.165, 1.54) is 18.4 Å². The van der Waals surface area contributed by atoms with Gasteiger partial charge in [0.1, 0.15) is 0 Å². The van der Waals surface area contributed by atoms with E-state index in [4.69, 9.17) is 0 Å². The molecule has 33 heavy (non-hydrogen) atoms. The maximum absolute atomic E-state index is 12.7. The summed E-state index contributed by atoms with van der Waals surface area (Å²) in [6.45, 7) is 11.9. The second-order valence-corrected chi connectivity index (χ2v) is 14.2. The van der Waals surface area contributed by atoms with Crippen molar-refractivity contribution in [3.05, 3.63) is 11.6 Å². The molecule has 0 heterocycles. The number of allylic oxidation sites excluding steroid dienone is 2. The van der Waals surface area contributed by atoms with Crippen LogP contribution in [0.4, 0.5) is 0 Å². The SMILES string of the molecule is CC1(C)[C@@H](O)CC[C@]2(C)[C@H]3CC=C4C(CC[C@@]5(C(=O)O)CC[C@](C)(CO)C[C@@H]45)[C@]3(C)CC[C@@H]12. The zero-order valence-corrected chi connectivity index (χ0v) is 21.5. The van der Waals surface area contributed by atoms with Crippen LogP contribution in [-0.4, -0.2) is 34.0 Å². The Bertz CT molecular complexity index is 862. The van der Waals surface area contributed by atoms with Crippen LogP contribution in [0.25, 0.3) is 0 Å². The minimum atomic E-state index is -0.641. The van der Waals surface area contributed by atoms with Crippen LogP contribution in [0, 0.1) is 50.7 Å². The first kappa shape index (κ1) is 23.9. The molecule has 0 spiro atoms. The first-order valence-electron chi connectivity index (χ1n) is 13.6. The van der Waals surface area contributed by atoms with Crippen molar-refractivity contribution in [1.82, 2.24) is 0 Å². The molecule has 0 saturated heterocycles. The molecule has 4 nitrogen and oxygen atoms in total. The quantitative estimate of drug-likeness (QED) is 0.456. The Morgan fingerprint density at radius 3 is 2.27 bits per heavy atom. The van der Waals surface area contributed by atoms with E-state index in [1.54, 1.807) is 0 Å². The molecule has 0 bridgehead atoms. The Hall–Kier alpha value is -0.870. The number of rotatable bonds is 2. The van der Waals surface area contributed by atoms with Gasteiger partial charge >= 0.3 is 5.97 Å². The third kappa shape index (κ3) is 3.05. The summed E-state index contributed by atoms with van der Waals surface area (Å²) in [4.78, 5) is 12.7. The van der Waals surface area contributed by atoms with Crippen molar-refractivity contribution >= 4 is 5.97 Å². The minimum Gasteiger partial charge on any atom is -0.481 e. The molecule has 3 N–H and O–H groups in total. The lowest BCUT2D eigenvalue weighted by Crippen LogP contribution is -2.62. The van der Waals surface area contributed by atoms with Gasteiger partial charge in [-0.1, -0.05) is 46.3 Å². The standard InChI is InChI=1S/C29H46O4/c1-25(2)21-9-11-27(4)19-8-13-29(24(32)33)15-14-26(3,17-30)16-20(29)18(19)6-7-22(27)28(21,5)12-10-23(25)31/h6,19-23,30-31H,7-17H2,1-5H3,(H,32,33)/t19?,20-,21-,22-,23-,26-,27-,28-,29+/m0/s1. The van der Waals surface area contributed by atoms with Gasteiger partial charge in [-0.05, 0) is 110 Å². The first-order chi connectivity index (χ1) is 15.3. The van der Waals surface area contributed by atoms with Gasteiger partial charge in [-0.15, -0.1) is 0 Å². The molecule has 0 radical (unpaired) electrons. The van der Waals surface area contributed by atoms with Crippen molar-refractivity contribution in [1.29, 1.82) is 0 Å². The molecule has 1 unspecified atom stereocenters. The van der Waals surface area contributed by atoms with Crippen molar-refractivity contribution < 1.29 is 20.1 Å². The van der Waals surface area contributed by atoms with Crippen LogP contribution in [0.15, 0.2) is 11.6 Å². The summed E-state index contributed by atoms with van der Waals surface area (Å²) in [5.74, 6) is 1.04. The Morgan fingerprint density at radius 2 is 1.61 bits per heavy atom. The van der Waals surface area contributed by atoms with Crippen LogP contribution in [-0.2, 0) is 4.79 Å². The summed E-state index contributed by atoms with van der Waals surface area (Å²) in [5.41, 5.74) is 1.00. The van der Waals surface area contributed by atoms with Gasteiger partial charge in [0.15, 0.2) is 0 Å². The number of carboxylic acids is 1. The molecular weight excluding hydrogens is 412 g/mol. The van der Waals surface area contributed by atoms with Gasteiger partial charge in [-0.3, -0.25) is 4.79 Å². The van der Waals surface area contributed by atoms with Gasteiger partial charge in [0.2, 0.25) is 0 Å². The molecule has 0 aliphatic heterocycles. The Kier molecular flexibility index (Phi) is 5.29. The van der Waals surface area contributed by atoms with Gasteiger partial charge in [0.05, 0.1) is 11.5 Å². The molecule has 0 amide bonds. The molecule has 9 atom stereocenters. The molecule has 0 aromatic rings. The number of aliphatic carboxylic acids is 1. The summed E-state index contributed by atoms with van der Waals surface area (Å²) in [7, 11) is 0. The Labute approximate surface area is 200 Å². The predicted octanol–water partition coefficient (Wildman–Crippen LogP) is 5.82. The maximum Gasteiger partial charge on any atom is 0.310 e. The van der Waals surface area contributed by atoms with Crippen molar-refractivity contribution in [2.75, 3.05) is 6.61 Å². The van der Waals surface area contributed by atoms with E-state index in [-0.39, 0.29) is 40.3 Å². The van der Waals surface area contributed by atoms with Gasteiger partial charge in [-0.25, -0.2) is 0 Å². The van der Waals surface area contributed by atoms with Crippen molar-refractivity contribution in [3.8, 4) is 0 Å². The van der Waals surface area contributed by atoms with Crippen LogP contribution in [0.1, 0.15) is 98.8 Å². The molecular formula is C29H46O4. The topological polar surface area (TPSA) is 77.8 Å². The Balaban J connectivity index is 1.55. The number of aliphatic hydroxyl groups is 2. The zero-order chi connectivity index (χ0) is 24.0. The van der Waals surface area contributed by atoms with E-state index < -0.39 is 11.4 Å². The number of carboxylic acid groups (broad SMARTS) is 1. The number of aliphatic hydroxyl groups excluding tert-OH is 2. The third-order valence-electron chi connectivity index (χ3n) is 12.5. The number of carbonyl (C=O) groups is 1. The summed E-state index contributed by atoms with van der Waals surface area (Å²) in [5, 5.41) is 31.4. The average Bonchev–Trinajstić information content (AvgIpc) is 2.76. The first-order valence-corrected chi connectivity index (χ1v) is 13.6. The van der Waals surface area contributed by atoms with Crippen LogP contribution in [0.2, 0.25) is 0 Å². The smallest absolute Gasteiger partial charge is 0.310 e. The zero-order valence-electron chi connectivity index (χ0n) is 21.5. The molecule has 4 saturated carbocycles. The molecule has 5 aliphatic rings. The van der Waals surface area contributed by atoms with Crippen molar-refractivity contribution in [3.63, 3.8) is 0 Å². The fourth-order valence-corrected chi connectivity index (χ4v) is 10.3. The second kappa shape index (κ2) is 7.32. The predicted molar refractivity (Wildman–Crippen MR) is 129 cm³/mol. The highest BCUT2D eigenvalue weighted by atomic mass is 16.4. The molecule has 186 valence electrons. The van der Waals surface area contributed by atoms with Crippen LogP contribution >= 0.6 is 0 Å². The summed E-state index contributed by atoms with van der Waals surface area (Å²) in [6.07, 6.45) is 11.7. The highest BCUT2D eigenvalue weighted by Gasteiger charge is 2.65. The van der Waals surface area contributed by atoms with Gasteiger partial charge in [0, 0.05) is 6.61 Å². The van der Waals surface area contributed by atoms with Crippen molar-refractivity contribution in [2.24, 2.45) is 50.7 Å². The average molecular weight is 459 g/mol. The number of hydrogen-bond acceptors (Lipinski definition) is 3. The fraction of sp³-hybridized carbons (Fsp3) is 0.897. The molecule has 4 fully saturated rings.